The van der Waals surface area contributed by atoms with Gasteiger partial charge in [-0.3, -0.25) is 4.79 Å². The van der Waals surface area contributed by atoms with E-state index in [9.17, 15) is 4.79 Å². The van der Waals surface area contributed by atoms with E-state index in [0.29, 0.717) is 24.7 Å². The van der Waals surface area contributed by atoms with Gasteiger partial charge in [-0.25, -0.2) is 9.97 Å². The fraction of sp³-hybridized carbons (Fsp3) is 0.312. The predicted molar refractivity (Wildman–Crippen MR) is 86.2 cm³/mol. The molecular weight excluding hydrogens is 280 g/mol. The Morgan fingerprint density at radius 1 is 1.18 bits per heavy atom. The summed E-state index contributed by atoms with van der Waals surface area (Å²) in [5.74, 6) is 0.244. The molecule has 2 aromatic rings. The molecule has 0 unspecified atom stereocenters. The Labute approximate surface area is 129 Å². The number of aryl methyl sites for hydroxylation is 1. The van der Waals surface area contributed by atoms with E-state index in [-0.39, 0.29) is 5.91 Å². The van der Waals surface area contributed by atoms with Crippen LogP contribution in [-0.2, 0) is 11.2 Å². The highest BCUT2D eigenvalue weighted by atomic mass is 16.5. The van der Waals surface area contributed by atoms with Gasteiger partial charge in [0.25, 0.3) is 5.91 Å². The van der Waals surface area contributed by atoms with Crippen molar-refractivity contribution in [1.82, 2.24) is 9.97 Å². The molecule has 0 bridgehead atoms. The minimum absolute atomic E-state index is 0.229. The van der Waals surface area contributed by atoms with E-state index in [0.717, 1.165) is 12.1 Å². The molecule has 1 heterocycles. The Morgan fingerprint density at radius 2 is 1.86 bits per heavy atom. The molecule has 2 rings (SSSR count). The zero-order valence-corrected chi connectivity index (χ0v) is 12.8. The smallest absolute Gasteiger partial charge is 0.258 e. The molecule has 0 saturated heterocycles. The monoisotopic (exact) mass is 300 g/mol. The maximum Gasteiger partial charge on any atom is 0.258 e. The van der Waals surface area contributed by atoms with Crippen molar-refractivity contribution >= 4 is 17.5 Å². The number of benzene rings is 1. The van der Waals surface area contributed by atoms with Gasteiger partial charge >= 0.3 is 0 Å². The molecule has 1 aromatic carbocycles. The largest absolute Gasteiger partial charge is 0.383 e. The van der Waals surface area contributed by atoms with Gasteiger partial charge < -0.3 is 15.4 Å². The number of nitrogens with zero attached hydrogens (tertiary/aromatic N) is 2. The SMILES string of the molecule is CCc1ccc(NC(=O)c2cnc(NCCOC)nc2)cc1. The minimum Gasteiger partial charge on any atom is -0.383 e. The molecule has 0 fully saturated rings. The van der Waals surface area contributed by atoms with E-state index in [1.54, 1.807) is 7.11 Å². The van der Waals surface area contributed by atoms with Crippen molar-refractivity contribution in [3.8, 4) is 0 Å². The summed E-state index contributed by atoms with van der Waals surface area (Å²) in [6, 6.07) is 7.76. The minimum atomic E-state index is -0.229. The van der Waals surface area contributed by atoms with Crippen molar-refractivity contribution < 1.29 is 9.53 Å². The molecule has 0 spiro atoms. The summed E-state index contributed by atoms with van der Waals surface area (Å²) in [7, 11) is 1.63. The van der Waals surface area contributed by atoms with E-state index in [1.807, 2.05) is 24.3 Å². The summed E-state index contributed by atoms with van der Waals surface area (Å²) < 4.78 is 4.93. The number of carbonyl (C=O) groups excluding carboxylic acids is 1. The number of rotatable bonds is 7. The maximum absolute atomic E-state index is 12.1. The summed E-state index contributed by atoms with van der Waals surface area (Å²) >= 11 is 0. The molecule has 1 amide bonds. The van der Waals surface area contributed by atoms with Crippen LogP contribution >= 0.6 is 0 Å². The average molecular weight is 300 g/mol. The summed E-state index contributed by atoms with van der Waals surface area (Å²) in [6.07, 6.45) is 3.97. The second-order valence-corrected chi connectivity index (χ2v) is 4.72. The number of hydrogen-bond donors (Lipinski definition) is 2. The topological polar surface area (TPSA) is 76.1 Å². The van der Waals surface area contributed by atoms with Gasteiger partial charge in [-0.05, 0) is 24.1 Å². The van der Waals surface area contributed by atoms with Crippen molar-refractivity contribution in [2.24, 2.45) is 0 Å². The molecule has 0 aliphatic heterocycles. The van der Waals surface area contributed by atoms with Crippen LogP contribution < -0.4 is 10.6 Å². The van der Waals surface area contributed by atoms with Crippen LogP contribution in [-0.4, -0.2) is 36.1 Å². The lowest BCUT2D eigenvalue weighted by atomic mass is 10.1. The molecule has 0 aliphatic carbocycles. The van der Waals surface area contributed by atoms with E-state index in [1.165, 1.54) is 18.0 Å². The zero-order valence-electron chi connectivity index (χ0n) is 12.8. The number of hydrogen-bond acceptors (Lipinski definition) is 5. The number of carbonyl (C=O) groups is 1. The Hall–Kier alpha value is -2.47. The second kappa shape index (κ2) is 8.09. The predicted octanol–water partition coefficient (Wildman–Crippen LogP) is 2.35. The molecule has 1 aromatic heterocycles. The highest BCUT2D eigenvalue weighted by molar-refractivity contribution is 6.03. The first-order valence-electron chi connectivity index (χ1n) is 7.18. The molecule has 6 heteroatoms. The van der Waals surface area contributed by atoms with Crippen molar-refractivity contribution in [3.63, 3.8) is 0 Å². The lowest BCUT2D eigenvalue weighted by Gasteiger charge is -2.07. The standard InChI is InChI=1S/C16H20N4O2/c1-3-12-4-6-14(7-5-12)20-15(21)13-10-18-16(19-11-13)17-8-9-22-2/h4-7,10-11H,3,8-9H2,1-2H3,(H,20,21)(H,17,18,19). The van der Waals surface area contributed by atoms with Crippen molar-refractivity contribution in [3.05, 3.63) is 47.8 Å². The van der Waals surface area contributed by atoms with Crippen LogP contribution in [0.1, 0.15) is 22.8 Å². The van der Waals surface area contributed by atoms with Crippen molar-refractivity contribution in [1.29, 1.82) is 0 Å². The second-order valence-electron chi connectivity index (χ2n) is 4.72. The van der Waals surface area contributed by atoms with E-state index >= 15 is 0 Å². The Bertz CT molecular complexity index is 597. The first kappa shape index (κ1) is 15.9. The highest BCUT2D eigenvalue weighted by Crippen LogP contribution is 2.11. The zero-order chi connectivity index (χ0) is 15.8. The van der Waals surface area contributed by atoms with Crippen LogP contribution in [0.4, 0.5) is 11.6 Å². The third-order valence-electron chi connectivity index (χ3n) is 3.12. The summed E-state index contributed by atoms with van der Waals surface area (Å²) in [4.78, 5) is 20.3. The summed E-state index contributed by atoms with van der Waals surface area (Å²) in [5.41, 5.74) is 2.40. The Kier molecular flexibility index (Phi) is 5.85. The van der Waals surface area contributed by atoms with E-state index < -0.39 is 0 Å². The van der Waals surface area contributed by atoms with Crippen LogP contribution in [0.25, 0.3) is 0 Å². The van der Waals surface area contributed by atoms with Crippen molar-refractivity contribution in [2.45, 2.75) is 13.3 Å². The summed E-state index contributed by atoms with van der Waals surface area (Å²) in [6.45, 7) is 3.28. The van der Waals surface area contributed by atoms with Gasteiger partial charge in [0.2, 0.25) is 5.95 Å². The average Bonchev–Trinajstić information content (AvgIpc) is 2.56. The molecule has 116 valence electrons. The first-order valence-corrected chi connectivity index (χ1v) is 7.18. The number of aromatic nitrogens is 2. The van der Waals surface area contributed by atoms with Gasteiger partial charge in [0, 0.05) is 31.7 Å². The number of nitrogens with one attached hydrogen (secondary N) is 2. The molecule has 22 heavy (non-hydrogen) atoms. The molecule has 0 atom stereocenters. The van der Waals surface area contributed by atoms with Gasteiger partial charge in [0.15, 0.2) is 0 Å². The van der Waals surface area contributed by atoms with Gasteiger partial charge in [-0.15, -0.1) is 0 Å². The van der Waals surface area contributed by atoms with Crippen LogP contribution in [0.2, 0.25) is 0 Å². The first-order chi connectivity index (χ1) is 10.7. The molecule has 0 radical (unpaired) electrons. The van der Waals surface area contributed by atoms with Gasteiger partial charge in [0.1, 0.15) is 0 Å². The Morgan fingerprint density at radius 3 is 2.45 bits per heavy atom. The summed E-state index contributed by atoms with van der Waals surface area (Å²) in [5, 5.41) is 5.82. The lowest BCUT2D eigenvalue weighted by molar-refractivity contribution is 0.102. The van der Waals surface area contributed by atoms with E-state index in [2.05, 4.69) is 27.5 Å². The lowest BCUT2D eigenvalue weighted by Crippen LogP contribution is -2.14. The van der Waals surface area contributed by atoms with Crippen molar-refractivity contribution in [2.75, 3.05) is 30.9 Å². The molecule has 0 aliphatic rings. The van der Waals surface area contributed by atoms with Gasteiger partial charge in [-0.2, -0.15) is 0 Å². The highest BCUT2D eigenvalue weighted by Gasteiger charge is 2.07. The number of anilines is 2. The Balaban J connectivity index is 1.94. The van der Waals surface area contributed by atoms with Crippen LogP contribution in [0, 0.1) is 0 Å². The fourth-order valence-corrected chi connectivity index (χ4v) is 1.83. The quantitative estimate of drug-likeness (QED) is 0.768. The molecule has 2 N–H and O–H groups in total. The fourth-order valence-electron chi connectivity index (χ4n) is 1.83. The van der Waals surface area contributed by atoms with Crippen LogP contribution in [0.15, 0.2) is 36.7 Å². The van der Waals surface area contributed by atoms with E-state index in [4.69, 9.17) is 4.74 Å². The molecule has 0 saturated carbocycles. The van der Waals surface area contributed by atoms with Crippen LogP contribution in [0.3, 0.4) is 0 Å². The van der Waals surface area contributed by atoms with Gasteiger partial charge in [-0.1, -0.05) is 19.1 Å². The normalized spacial score (nSPS) is 10.3. The van der Waals surface area contributed by atoms with Crippen LogP contribution in [0.5, 0.6) is 0 Å². The molecular formula is C16H20N4O2. The maximum atomic E-state index is 12.1. The third-order valence-corrected chi connectivity index (χ3v) is 3.12. The van der Waals surface area contributed by atoms with Gasteiger partial charge in [0.05, 0.1) is 12.2 Å². The number of methoxy groups -OCH3 is 1. The number of amides is 1. The third kappa shape index (κ3) is 4.53. The number of ether oxygens (including phenoxy) is 1. The molecule has 6 nitrogen and oxygen atoms in total.